The van der Waals surface area contributed by atoms with Crippen molar-refractivity contribution in [3.05, 3.63) is 34.3 Å². The van der Waals surface area contributed by atoms with Gasteiger partial charge in [-0.3, -0.25) is 0 Å². The Kier molecular flexibility index (Phi) is 4.58. The van der Waals surface area contributed by atoms with Gasteiger partial charge in [0.2, 0.25) is 0 Å². The number of aliphatic hydroxyl groups excluding tert-OH is 2. The second kappa shape index (κ2) is 5.50. The molecule has 1 aromatic rings. The highest BCUT2D eigenvalue weighted by Crippen LogP contribution is 2.27. The van der Waals surface area contributed by atoms with Crippen LogP contribution in [0.3, 0.4) is 0 Å². The van der Waals surface area contributed by atoms with E-state index in [0.717, 1.165) is 11.1 Å². The molecule has 15 heavy (non-hydrogen) atoms. The smallest absolute Gasteiger partial charge is 0.0497 e. The highest BCUT2D eigenvalue weighted by atomic mass is 35.5. The largest absolute Gasteiger partial charge is 0.396 e. The van der Waals surface area contributed by atoms with Crippen LogP contribution in [0.5, 0.6) is 0 Å². The lowest BCUT2D eigenvalue weighted by molar-refractivity contribution is 0.271. The second-order valence-corrected chi connectivity index (χ2v) is 4.36. The summed E-state index contributed by atoms with van der Waals surface area (Å²) >= 11 is 6.11. The summed E-state index contributed by atoms with van der Waals surface area (Å²) in [6, 6.07) is 5.74. The molecule has 0 aliphatic carbocycles. The molecule has 2 N–H and O–H groups in total. The molecule has 2 unspecified atom stereocenters. The second-order valence-electron chi connectivity index (χ2n) is 3.95. The molecule has 0 saturated heterocycles. The molecule has 0 aromatic heterocycles. The first kappa shape index (κ1) is 12.5. The predicted molar refractivity (Wildman–Crippen MR) is 62.5 cm³/mol. The minimum Gasteiger partial charge on any atom is -0.396 e. The maximum atomic E-state index is 9.04. The maximum absolute atomic E-state index is 9.04. The van der Waals surface area contributed by atoms with E-state index in [-0.39, 0.29) is 25.0 Å². The van der Waals surface area contributed by atoms with Gasteiger partial charge in [-0.05, 0) is 17.2 Å². The van der Waals surface area contributed by atoms with Crippen LogP contribution < -0.4 is 0 Å². The summed E-state index contributed by atoms with van der Waals surface area (Å²) in [5.74, 6) is 0.150. The van der Waals surface area contributed by atoms with E-state index in [4.69, 9.17) is 21.8 Å². The van der Waals surface area contributed by atoms with E-state index in [0.29, 0.717) is 5.02 Å². The average Bonchev–Trinajstić information content (AvgIpc) is 2.26. The number of aliphatic hydroxyl groups is 2. The van der Waals surface area contributed by atoms with Crippen molar-refractivity contribution < 1.29 is 10.2 Å². The van der Waals surface area contributed by atoms with Crippen molar-refractivity contribution in [3.63, 3.8) is 0 Å². The SMILES string of the molecule is CC(CO)c1ccc(C(C)CO)c(Cl)c1. The number of hydrogen-bond donors (Lipinski definition) is 2. The van der Waals surface area contributed by atoms with Crippen molar-refractivity contribution in [2.75, 3.05) is 13.2 Å². The Morgan fingerprint density at radius 3 is 2.20 bits per heavy atom. The van der Waals surface area contributed by atoms with E-state index < -0.39 is 0 Å². The Morgan fingerprint density at radius 2 is 1.73 bits per heavy atom. The molecule has 0 bridgehead atoms. The lowest BCUT2D eigenvalue weighted by atomic mass is 9.96. The number of benzene rings is 1. The van der Waals surface area contributed by atoms with E-state index in [1.54, 1.807) is 0 Å². The highest BCUT2D eigenvalue weighted by Gasteiger charge is 2.11. The Labute approximate surface area is 95.5 Å². The molecule has 0 saturated carbocycles. The molecule has 0 heterocycles. The fourth-order valence-electron chi connectivity index (χ4n) is 1.45. The van der Waals surface area contributed by atoms with Crippen LogP contribution in [0.15, 0.2) is 18.2 Å². The van der Waals surface area contributed by atoms with Gasteiger partial charge in [-0.25, -0.2) is 0 Å². The molecule has 84 valence electrons. The van der Waals surface area contributed by atoms with Crippen LogP contribution in [0.2, 0.25) is 5.02 Å². The van der Waals surface area contributed by atoms with Gasteiger partial charge in [-0.2, -0.15) is 0 Å². The van der Waals surface area contributed by atoms with Crippen molar-refractivity contribution in [2.24, 2.45) is 0 Å². The molecule has 0 spiro atoms. The summed E-state index contributed by atoms with van der Waals surface area (Å²) in [5, 5.41) is 18.7. The van der Waals surface area contributed by atoms with Gasteiger partial charge in [0.15, 0.2) is 0 Å². The van der Waals surface area contributed by atoms with Crippen LogP contribution >= 0.6 is 11.6 Å². The fourth-order valence-corrected chi connectivity index (χ4v) is 1.83. The Morgan fingerprint density at radius 1 is 1.13 bits per heavy atom. The van der Waals surface area contributed by atoms with Gasteiger partial charge < -0.3 is 10.2 Å². The lowest BCUT2D eigenvalue weighted by Crippen LogP contribution is -2.03. The normalized spacial score (nSPS) is 15.0. The molecule has 3 heteroatoms. The first-order valence-corrected chi connectivity index (χ1v) is 5.49. The van der Waals surface area contributed by atoms with Crippen molar-refractivity contribution >= 4 is 11.6 Å². The van der Waals surface area contributed by atoms with Crippen LogP contribution in [0.1, 0.15) is 36.8 Å². The number of hydrogen-bond acceptors (Lipinski definition) is 2. The molecular formula is C12H17ClO2. The Bertz CT molecular complexity index is 325. The van der Waals surface area contributed by atoms with Crippen LogP contribution in [-0.2, 0) is 0 Å². The monoisotopic (exact) mass is 228 g/mol. The minimum absolute atomic E-state index is 0.0518. The van der Waals surface area contributed by atoms with Crippen LogP contribution in [0, 0.1) is 0 Å². The van der Waals surface area contributed by atoms with Crippen molar-refractivity contribution in [1.29, 1.82) is 0 Å². The van der Waals surface area contributed by atoms with Gasteiger partial charge in [0.1, 0.15) is 0 Å². The van der Waals surface area contributed by atoms with Gasteiger partial charge in [0.25, 0.3) is 0 Å². The zero-order valence-electron chi connectivity index (χ0n) is 9.07. The summed E-state index contributed by atoms with van der Waals surface area (Å²) in [7, 11) is 0. The number of rotatable bonds is 4. The summed E-state index contributed by atoms with van der Waals surface area (Å²) in [4.78, 5) is 0. The lowest BCUT2D eigenvalue weighted by Gasteiger charge is -2.14. The maximum Gasteiger partial charge on any atom is 0.0497 e. The van der Waals surface area contributed by atoms with E-state index >= 15 is 0 Å². The molecule has 0 fully saturated rings. The van der Waals surface area contributed by atoms with Gasteiger partial charge in [-0.15, -0.1) is 0 Å². The quantitative estimate of drug-likeness (QED) is 0.832. The third-order valence-electron chi connectivity index (χ3n) is 2.67. The summed E-state index contributed by atoms with van der Waals surface area (Å²) < 4.78 is 0. The molecule has 2 nitrogen and oxygen atoms in total. The van der Waals surface area contributed by atoms with Gasteiger partial charge in [-0.1, -0.05) is 37.6 Å². The summed E-state index contributed by atoms with van der Waals surface area (Å²) in [5.41, 5.74) is 1.98. The zero-order chi connectivity index (χ0) is 11.4. The third kappa shape index (κ3) is 2.94. The topological polar surface area (TPSA) is 40.5 Å². The third-order valence-corrected chi connectivity index (χ3v) is 3.00. The Balaban J connectivity index is 2.97. The molecule has 2 atom stereocenters. The minimum atomic E-state index is 0.0518. The van der Waals surface area contributed by atoms with Crippen molar-refractivity contribution in [3.8, 4) is 0 Å². The van der Waals surface area contributed by atoms with Crippen LogP contribution in [0.25, 0.3) is 0 Å². The first-order valence-electron chi connectivity index (χ1n) is 5.11. The molecule has 1 rings (SSSR count). The average molecular weight is 229 g/mol. The van der Waals surface area contributed by atoms with E-state index in [9.17, 15) is 0 Å². The summed E-state index contributed by atoms with van der Waals surface area (Å²) in [6.07, 6.45) is 0. The fraction of sp³-hybridized carbons (Fsp3) is 0.500. The molecular weight excluding hydrogens is 212 g/mol. The predicted octanol–water partition coefficient (Wildman–Crippen LogP) is 2.53. The van der Waals surface area contributed by atoms with Crippen molar-refractivity contribution in [2.45, 2.75) is 25.7 Å². The Hall–Kier alpha value is -0.570. The molecule has 1 aromatic carbocycles. The first-order chi connectivity index (χ1) is 7.10. The molecule has 0 radical (unpaired) electrons. The molecule has 0 aliphatic rings. The number of halogens is 1. The van der Waals surface area contributed by atoms with Gasteiger partial charge in [0, 0.05) is 30.1 Å². The van der Waals surface area contributed by atoms with E-state index in [1.807, 2.05) is 32.0 Å². The summed E-state index contributed by atoms with van der Waals surface area (Å²) in [6.45, 7) is 4.08. The van der Waals surface area contributed by atoms with Crippen LogP contribution in [-0.4, -0.2) is 23.4 Å². The zero-order valence-corrected chi connectivity index (χ0v) is 9.83. The van der Waals surface area contributed by atoms with Gasteiger partial charge in [0.05, 0.1) is 0 Å². The van der Waals surface area contributed by atoms with E-state index in [1.165, 1.54) is 0 Å². The molecule has 0 aliphatic heterocycles. The highest BCUT2D eigenvalue weighted by molar-refractivity contribution is 6.31. The van der Waals surface area contributed by atoms with Crippen LogP contribution in [0.4, 0.5) is 0 Å². The van der Waals surface area contributed by atoms with Crippen molar-refractivity contribution in [1.82, 2.24) is 0 Å². The van der Waals surface area contributed by atoms with Gasteiger partial charge >= 0.3 is 0 Å². The molecule has 0 amide bonds. The standard InChI is InChI=1S/C12H17ClO2/c1-8(6-14)10-3-4-11(9(2)7-15)12(13)5-10/h3-5,8-9,14-15H,6-7H2,1-2H3. The van der Waals surface area contributed by atoms with E-state index in [2.05, 4.69) is 0 Å².